The zero-order valence-electron chi connectivity index (χ0n) is 17.3. The average Bonchev–Trinajstić information content (AvgIpc) is 3.09. The van der Waals surface area contributed by atoms with E-state index in [1.54, 1.807) is 4.90 Å². The maximum Gasteiger partial charge on any atom is 0.317 e. The summed E-state index contributed by atoms with van der Waals surface area (Å²) in [7, 11) is 3.80. The number of imidazole rings is 1. The first-order chi connectivity index (χ1) is 14.1. The van der Waals surface area contributed by atoms with Crippen molar-refractivity contribution < 1.29 is 4.79 Å². The van der Waals surface area contributed by atoms with Crippen LogP contribution >= 0.6 is 0 Å². The van der Waals surface area contributed by atoms with Gasteiger partial charge in [-0.25, -0.2) is 9.78 Å². The van der Waals surface area contributed by atoms with Crippen molar-refractivity contribution in [2.75, 3.05) is 25.0 Å². The maximum atomic E-state index is 12.5. The van der Waals surface area contributed by atoms with Gasteiger partial charge in [0.2, 0.25) is 0 Å². The fourth-order valence-electron chi connectivity index (χ4n) is 3.95. The van der Waals surface area contributed by atoms with Crippen LogP contribution in [0.2, 0.25) is 0 Å². The Labute approximate surface area is 172 Å². The molecular weight excluding hydrogens is 362 g/mol. The Balaban J connectivity index is 1.32. The molecule has 1 saturated heterocycles. The van der Waals surface area contributed by atoms with Gasteiger partial charge in [0.15, 0.2) is 0 Å². The molecule has 6 heteroatoms. The molecule has 3 aromatic rings. The number of para-hydroxylation sites is 2. The number of nitrogens with one attached hydrogen (secondary N) is 1. The topological polar surface area (TPSA) is 53.4 Å². The van der Waals surface area contributed by atoms with Crippen LogP contribution in [0.5, 0.6) is 0 Å². The van der Waals surface area contributed by atoms with E-state index in [4.69, 9.17) is 0 Å². The smallest absolute Gasteiger partial charge is 0.317 e. The molecule has 2 amide bonds. The summed E-state index contributed by atoms with van der Waals surface area (Å²) in [6.45, 7) is 3.27. The van der Waals surface area contributed by atoms with E-state index in [1.165, 1.54) is 24.9 Å². The number of hydrogen-bond acceptors (Lipinski definition) is 3. The van der Waals surface area contributed by atoms with Crippen molar-refractivity contribution in [2.45, 2.75) is 32.4 Å². The lowest BCUT2D eigenvalue weighted by molar-refractivity contribution is 0.206. The third-order valence-electron chi connectivity index (χ3n) is 5.70. The lowest BCUT2D eigenvalue weighted by atomic mass is 10.1. The van der Waals surface area contributed by atoms with Crippen molar-refractivity contribution >= 4 is 22.8 Å². The number of piperidine rings is 1. The van der Waals surface area contributed by atoms with Crippen molar-refractivity contribution in [1.29, 1.82) is 0 Å². The number of amides is 2. The van der Waals surface area contributed by atoms with Gasteiger partial charge in [0.25, 0.3) is 0 Å². The van der Waals surface area contributed by atoms with E-state index in [2.05, 4.69) is 39.5 Å². The largest absolute Gasteiger partial charge is 0.372 e. The molecule has 0 spiro atoms. The number of nitrogens with zero attached hydrogens (tertiary/aromatic N) is 4. The fourth-order valence-corrected chi connectivity index (χ4v) is 3.95. The minimum absolute atomic E-state index is 0.0998. The Hall–Kier alpha value is -3.02. The van der Waals surface area contributed by atoms with Crippen LogP contribution in [0.4, 0.5) is 10.5 Å². The number of urea groups is 1. The SMILES string of the molecule is CN(Cc1ccc(N2CCCCC2)cc1)C(=O)NCc1nc2ccccc2n1C. The normalized spacial score (nSPS) is 14.2. The van der Waals surface area contributed by atoms with Crippen LogP contribution in [0, 0.1) is 0 Å². The quantitative estimate of drug-likeness (QED) is 0.718. The van der Waals surface area contributed by atoms with Crippen LogP contribution in [-0.4, -0.2) is 40.6 Å². The molecule has 29 heavy (non-hydrogen) atoms. The summed E-state index contributed by atoms with van der Waals surface area (Å²) in [5.74, 6) is 0.846. The first-order valence-electron chi connectivity index (χ1n) is 10.3. The molecule has 0 aliphatic carbocycles. The maximum absolute atomic E-state index is 12.5. The molecule has 2 aromatic carbocycles. The Morgan fingerprint density at radius 2 is 1.79 bits per heavy atom. The van der Waals surface area contributed by atoms with Gasteiger partial charge in [-0.05, 0) is 49.1 Å². The van der Waals surface area contributed by atoms with Crippen molar-refractivity contribution in [3.05, 3.63) is 59.9 Å². The van der Waals surface area contributed by atoms with Crippen LogP contribution in [0.15, 0.2) is 48.5 Å². The van der Waals surface area contributed by atoms with Crippen LogP contribution in [-0.2, 0) is 20.1 Å². The van der Waals surface area contributed by atoms with Crippen molar-refractivity contribution in [3.8, 4) is 0 Å². The van der Waals surface area contributed by atoms with Crippen molar-refractivity contribution in [2.24, 2.45) is 7.05 Å². The minimum Gasteiger partial charge on any atom is -0.372 e. The summed E-state index contributed by atoms with van der Waals surface area (Å²) >= 11 is 0. The molecule has 0 unspecified atom stereocenters. The molecule has 1 aliphatic heterocycles. The highest BCUT2D eigenvalue weighted by molar-refractivity contribution is 5.76. The first-order valence-corrected chi connectivity index (χ1v) is 10.3. The molecule has 1 N–H and O–H groups in total. The lowest BCUT2D eigenvalue weighted by Crippen LogP contribution is -2.36. The second kappa shape index (κ2) is 8.55. The van der Waals surface area contributed by atoms with Crippen LogP contribution in [0.25, 0.3) is 11.0 Å². The van der Waals surface area contributed by atoms with Crippen LogP contribution < -0.4 is 10.2 Å². The van der Waals surface area contributed by atoms with E-state index in [-0.39, 0.29) is 6.03 Å². The Morgan fingerprint density at radius 3 is 2.52 bits per heavy atom. The third-order valence-corrected chi connectivity index (χ3v) is 5.70. The Bertz CT molecular complexity index is 973. The summed E-state index contributed by atoms with van der Waals surface area (Å²) < 4.78 is 2.02. The summed E-state index contributed by atoms with van der Waals surface area (Å²) in [6, 6.07) is 16.5. The zero-order valence-corrected chi connectivity index (χ0v) is 17.3. The summed E-state index contributed by atoms with van der Waals surface area (Å²) in [5.41, 5.74) is 4.42. The molecule has 152 valence electrons. The third kappa shape index (κ3) is 4.36. The molecule has 1 aromatic heterocycles. The van der Waals surface area contributed by atoms with Gasteiger partial charge in [-0.1, -0.05) is 24.3 Å². The zero-order chi connectivity index (χ0) is 20.2. The predicted molar refractivity (Wildman–Crippen MR) is 117 cm³/mol. The molecule has 4 rings (SSSR count). The van der Waals surface area contributed by atoms with E-state index < -0.39 is 0 Å². The van der Waals surface area contributed by atoms with Gasteiger partial charge < -0.3 is 19.7 Å². The van der Waals surface area contributed by atoms with Crippen molar-refractivity contribution in [3.63, 3.8) is 0 Å². The minimum atomic E-state index is -0.0998. The Morgan fingerprint density at radius 1 is 1.07 bits per heavy atom. The molecule has 0 atom stereocenters. The molecule has 1 fully saturated rings. The highest BCUT2D eigenvalue weighted by atomic mass is 16.2. The molecular formula is C23H29N5O. The van der Waals surface area contributed by atoms with E-state index in [0.29, 0.717) is 13.1 Å². The van der Waals surface area contributed by atoms with Crippen LogP contribution in [0.1, 0.15) is 30.7 Å². The van der Waals surface area contributed by atoms with Gasteiger partial charge in [-0.3, -0.25) is 0 Å². The summed E-state index contributed by atoms with van der Waals surface area (Å²) in [6.07, 6.45) is 3.88. The second-order valence-corrected chi connectivity index (χ2v) is 7.80. The number of benzene rings is 2. The van der Waals surface area contributed by atoms with E-state index in [1.807, 2.05) is 42.9 Å². The van der Waals surface area contributed by atoms with Crippen LogP contribution in [0.3, 0.4) is 0 Å². The number of anilines is 1. The Kier molecular flexibility index (Phi) is 5.69. The van der Waals surface area contributed by atoms with Gasteiger partial charge in [0.1, 0.15) is 5.82 Å². The fraction of sp³-hybridized carbons (Fsp3) is 0.391. The lowest BCUT2D eigenvalue weighted by Gasteiger charge is -2.29. The number of aromatic nitrogens is 2. The first kappa shape index (κ1) is 19.3. The van der Waals surface area contributed by atoms with E-state index in [0.717, 1.165) is 35.5 Å². The number of rotatable bonds is 5. The van der Waals surface area contributed by atoms with Gasteiger partial charge in [0.05, 0.1) is 17.6 Å². The molecule has 0 radical (unpaired) electrons. The monoisotopic (exact) mass is 391 g/mol. The predicted octanol–water partition coefficient (Wildman–Crippen LogP) is 3.91. The number of carbonyl (C=O) groups is 1. The molecule has 1 aliphatic rings. The number of aryl methyl sites for hydroxylation is 1. The summed E-state index contributed by atoms with van der Waals surface area (Å²) in [4.78, 5) is 21.3. The van der Waals surface area contributed by atoms with Gasteiger partial charge >= 0.3 is 6.03 Å². The number of carbonyl (C=O) groups excluding carboxylic acids is 1. The van der Waals surface area contributed by atoms with Crippen molar-refractivity contribution in [1.82, 2.24) is 19.8 Å². The average molecular weight is 392 g/mol. The number of fused-ring (bicyclic) bond motifs is 1. The summed E-state index contributed by atoms with van der Waals surface area (Å²) in [5, 5.41) is 2.98. The van der Waals surface area contributed by atoms with Gasteiger partial charge in [-0.15, -0.1) is 0 Å². The van der Waals surface area contributed by atoms with Gasteiger partial charge in [-0.2, -0.15) is 0 Å². The van der Waals surface area contributed by atoms with E-state index >= 15 is 0 Å². The van der Waals surface area contributed by atoms with E-state index in [9.17, 15) is 4.79 Å². The molecule has 2 heterocycles. The standard InChI is InChI=1S/C23H29N5O/c1-26(17-18-10-12-19(13-11-18)28-14-6-3-7-15-28)23(29)24-16-22-25-20-8-4-5-9-21(20)27(22)2/h4-5,8-13H,3,6-7,14-17H2,1-2H3,(H,24,29). The second-order valence-electron chi connectivity index (χ2n) is 7.80. The highest BCUT2D eigenvalue weighted by Gasteiger charge is 2.13. The molecule has 0 bridgehead atoms. The van der Waals surface area contributed by atoms with Gasteiger partial charge in [0, 0.05) is 39.4 Å². The highest BCUT2D eigenvalue weighted by Crippen LogP contribution is 2.20. The number of hydrogen-bond donors (Lipinski definition) is 1. The molecule has 0 saturated carbocycles. The molecule has 6 nitrogen and oxygen atoms in total.